The van der Waals surface area contributed by atoms with Crippen LogP contribution in [0.25, 0.3) is 10.9 Å². The van der Waals surface area contributed by atoms with Crippen molar-refractivity contribution in [3.63, 3.8) is 0 Å². The van der Waals surface area contributed by atoms with Gasteiger partial charge < -0.3 is 29.4 Å². The number of carbonyl (C=O) groups is 2. The Balaban J connectivity index is 1.62. The van der Waals surface area contributed by atoms with E-state index in [2.05, 4.69) is 21.2 Å². The highest BCUT2D eigenvalue weighted by Crippen LogP contribution is 2.35. The van der Waals surface area contributed by atoms with E-state index in [4.69, 9.17) is 25.4 Å². The third-order valence-corrected chi connectivity index (χ3v) is 5.74. The number of ether oxygens (including phenoxy) is 4. The molecule has 0 saturated carbocycles. The van der Waals surface area contributed by atoms with Crippen molar-refractivity contribution in [3.8, 4) is 29.6 Å². The molecule has 204 valence electrons. The molecule has 0 unspecified atom stereocenters. The quantitative estimate of drug-likeness (QED) is 0.113. The van der Waals surface area contributed by atoms with E-state index in [1.807, 2.05) is 24.3 Å². The van der Waals surface area contributed by atoms with E-state index in [-0.39, 0.29) is 30.9 Å². The number of nitrogens with one attached hydrogen (secondary N) is 1. The number of aromatic carboxylic acids is 1. The number of aromatic nitrogens is 2. The first-order valence-corrected chi connectivity index (χ1v) is 12.3. The average Bonchev–Trinajstić information content (AvgIpc) is 2.94. The van der Waals surface area contributed by atoms with Crippen LogP contribution in [0, 0.1) is 12.3 Å². The number of hydrogen-bond donors (Lipinski definition) is 2. The lowest BCUT2D eigenvalue weighted by molar-refractivity contribution is -0.131. The Labute approximate surface area is 230 Å². The smallest absolute Gasteiger partial charge is 0.339 e. The number of benzene rings is 3. The SMILES string of the molecule is C#Cc1cccc(Nc2ncnc3cc(OCCc4cccc(C(=O)O)c4OC(C)=O)c(OCCOC)cc23)c1. The Morgan fingerprint density at radius 1 is 1.00 bits per heavy atom. The summed E-state index contributed by atoms with van der Waals surface area (Å²) in [5.41, 5.74) is 2.51. The molecule has 1 aromatic heterocycles. The Kier molecular flexibility index (Phi) is 9.12. The molecular weight excluding hydrogens is 514 g/mol. The lowest BCUT2D eigenvalue weighted by Crippen LogP contribution is -2.12. The maximum Gasteiger partial charge on any atom is 0.339 e. The van der Waals surface area contributed by atoms with E-state index in [1.165, 1.54) is 19.3 Å². The number of fused-ring (bicyclic) bond motifs is 1. The van der Waals surface area contributed by atoms with Gasteiger partial charge in [0, 0.05) is 43.2 Å². The summed E-state index contributed by atoms with van der Waals surface area (Å²) in [6.07, 6.45) is 7.24. The van der Waals surface area contributed by atoms with Crippen LogP contribution in [0.1, 0.15) is 28.4 Å². The molecule has 0 fully saturated rings. The maximum atomic E-state index is 11.6. The Hall–Kier alpha value is -5.14. The van der Waals surface area contributed by atoms with Crippen LogP contribution in [-0.4, -0.2) is 53.9 Å². The minimum Gasteiger partial charge on any atom is -0.489 e. The highest BCUT2D eigenvalue weighted by Gasteiger charge is 2.18. The van der Waals surface area contributed by atoms with E-state index < -0.39 is 11.9 Å². The van der Waals surface area contributed by atoms with Crippen LogP contribution in [0.3, 0.4) is 0 Å². The standard InChI is InChI=1S/C30H27N3O7/c1-4-20-7-5-9-22(15-20)33-29-24-16-26(39-14-13-37-3)27(17-25(24)31-18-32-29)38-12-11-21-8-6-10-23(30(35)36)28(21)40-19(2)34/h1,5-10,15-18H,11-14H2,2-3H3,(H,35,36)(H,31,32,33). The van der Waals surface area contributed by atoms with Crippen molar-refractivity contribution in [3.05, 3.63) is 77.6 Å². The number of esters is 1. The second-order valence-electron chi connectivity index (χ2n) is 8.52. The van der Waals surface area contributed by atoms with Gasteiger partial charge in [0.2, 0.25) is 0 Å². The van der Waals surface area contributed by atoms with Gasteiger partial charge in [-0.25, -0.2) is 14.8 Å². The minimum atomic E-state index is -1.20. The highest BCUT2D eigenvalue weighted by molar-refractivity contribution is 5.93. The van der Waals surface area contributed by atoms with Gasteiger partial charge in [0.25, 0.3) is 0 Å². The van der Waals surface area contributed by atoms with Crippen molar-refractivity contribution in [1.29, 1.82) is 0 Å². The maximum absolute atomic E-state index is 11.6. The van der Waals surface area contributed by atoms with Crippen LogP contribution < -0.4 is 19.5 Å². The van der Waals surface area contributed by atoms with Crippen LogP contribution in [0.2, 0.25) is 0 Å². The number of carboxylic acid groups (broad SMARTS) is 1. The summed E-state index contributed by atoms with van der Waals surface area (Å²) >= 11 is 0. The fourth-order valence-corrected chi connectivity index (χ4v) is 3.93. The summed E-state index contributed by atoms with van der Waals surface area (Å²) in [5, 5.41) is 13.5. The van der Waals surface area contributed by atoms with Gasteiger partial charge in [-0.3, -0.25) is 4.79 Å². The molecule has 10 heteroatoms. The molecule has 0 aliphatic rings. The van der Waals surface area contributed by atoms with Gasteiger partial charge in [-0.2, -0.15) is 0 Å². The molecule has 10 nitrogen and oxygen atoms in total. The number of nitrogens with zero attached hydrogens (tertiary/aromatic N) is 2. The average molecular weight is 542 g/mol. The monoisotopic (exact) mass is 541 g/mol. The van der Waals surface area contributed by atoms with E-state index in [0.29, 0.717) is 40.4 Å². The van der Waals surface area contributed by atoms with Crippen LogP contribution in [-0.2, 0) is 16.0 Å². The summed E-state index contributed by atoms with van der Waals surface area (Å²) in [4.78, 5) is 32.0. The van der Waals surface area contributed by atoms with Gasteiger partial charge in [-0.05, 0) is 35.9 Å². The van der Waals surface area contributed by atoms with E-state index >= 15 is 0 Å². The first-order valence-electron chi connectivity index (χ1n) is 12.3. The van der Waals surface area contributed by atoms with E-state index in [1.54, 1.807) is 31.4 Å². The van der Waals surface area contributed by atoms with Crippen molar-refractivity contribution in [2.24, 2.45) is 0 Å². The van der Waals surface area contributed by atoms with Crippen molar-refractivity contribution in [2.45, 2.75) is 13.3 Å². The predicted octanol–water partition coefficient (Wildman–Crippen LogP) is 4.62. The molecule has 2 N–H and O–H groups in total. The second kappa shape index (κ2) is 13.1. The Morgan fingerprint density at radius 3 is 2.52 bits per heavy atom. The molecule has 0 radical (unpaired) electrons. The van der Waals surface area contributed by atoms with E-state index in [9.17, 15) is 14.7 Å². The van der Waals surface area contributed by atoms with E-state index in [0.717, 1.165) is 11.3 Å². The van der Waals surface area contributed by atoms with Crippen LogP contribution in [0.4, 0.5) is 11.5 Å². The zero-order chi connectivity index (χ0) is 28.5. The molecule has 0 atom stereocenters. The minimum absolute atomic E-state index is 0.00135. The number of terminal acetylenes is 1. The fourth-order valence-electron chi connectivity index (χ4n) is 3.93. The van der Waals surface area contributed by atoms with Crippen LogP contribution >= 0.6 is 0 Å². The number of methoxy groups -OCH3 is 1. The molecule has 0 spiro atoms. The van der Waals surface area contributed by atoms with Crippen molar-refractivity contribution in [2.75, 3.05) is 32.2 Å². The topological polar surface area (TPSA) is 129 Å². The molecule has 40 heavy (non-hydrogen) atoms. The molecule has 0 saturated heterocycles. The lowest BCUT2D eigenvalue weighted by atomic mass is 10.1. The van der Waals surface area contributed by atoms with Crippen molar-refractivity contribution >= 4 is 34.3 Å². The molecule has 0 aliphatic carbocycles. The molecule has 0 amide bonds. The van der Waals surface area contributed by atoms with Gasteiger partial charge in [-0.15, -0.1) is 6.42 Å². The summed E-state index contributed by atoms with van der Waals surface area (Å²) < 4.78 is 22.4. The largest absolute Gasteiger partial charge is 0.489 e. The molecule has 4 rings (SSSR count). The first-order chi connectivity index (χ1) is 19.4. The number of para-hydroxylation sites is 1. The summed E-state index contributed by atoms with van der Waals surface area (Å²) in [5.74, 6) is 2.22. The number of carbonyl (C=O) groups excluding carboxylic acids is 1. The Morgan fingerprint density at radius 2 is 1.77 bits per heavy atom. The highest BCUT2D eigenvalue weighted by atomic mass is 16.5. The van der Waals surface area contributed by atoms with Crippen molar-refractivity contribution in [1.82, 2.24) is 9.97 Å². The summed E-state index contributed by atoms with van der Waals surface area (Å²) in [6, 6.07) is 15.6. The zero-order valence-corrected chi connectivity index (χ0v) is 22.0. The number of carboxylic acids is 1. The molecule has 1 heterocycles. The van der Waals surface area contributed by atoms with Gasteiger partial charge >= 0.3 is 11.9 Å². The fraction of sp³-hybridized carbons (Fsp3) is 0.200. The lowest BCUT2D eigenvalue weighted by Gasteiger charge is -2.16. The van der Waals surface area contributed by atoms with Crippen LogP contribution in [0.15, 0.2) is 60.9 Å². The number of hydrogen-bond acceptors (Lipinski definition) is 9. The van der Waals surface area contributed by atoms with Gasteiger partial charge in [0.1, 0.15) is 30.1 Å². The molecule has 0 bridgehead atoms. The van der Waals surface area contributed by atoms with Gasteiger partial charge in [0.05, 0.1) is 18.7 Å². The summed E-state index contributed by atoms with van der Waals surface area (Å²) in [6.45, 7) is 1.99. The molecule has 0 aliphatic heterocycles. The number of anilines is 2. The second-order valence-corrected chi connectivity index (χ2v) is 8.52. The predicted molar refractivity (Wildman–Crippen MR) is 148 cm³/mol. The Bertz CT molecular complexity index is 1580. The first kappa shape index (κ1) is 27.9. The summed E-state index contributed by atoms with van der Waals surface area (Å²) in [7, 11) is 1.58. The normalized spacial score (nSPS) is 10.5. The molecular formula is C30H27N3O7. The molecule has 4 aromatic rings. The van der Waals surface area contributed by atoms with Crippen molar-refractivity contribution < 1.29 is 33.6 Å². The number of rotatable bonds is 12. The van der Waals surface area contributed by atoms with Gasteiger partial charge in [0.15, 0.2) is 11.5 Å². The third-order valence-electron chi connectivity index (χ3n) is 5.74. The zero-order valence-electron chi connectivity index (χ0n) is 22.0. The third kappa shape index (κ3) is 6.83. The molecule has 3 aromatic carbocycles. The van der Waals surface area contributed by atoms with Gasteiger partial charge in [-0.1, -0.05) is 24.1 Å². The van der Waals surface area contributed by atoms with Crippen LogP contribution in [0.5, 0.6) is 17.2 Å².